The molecule has 17 heavy (non-hydrogen) atoms. The highest BCUT2D eigenvalue weighted by molar-refractivity contribution is 9.09. The molecule has 0 aromatic carbocycles. The van der Waals surface area contributed by atoms with Gasteiger partial charge in [0, 0.05) is 17.1 Å². The summed E-state index contributed by atoms with van der Waals surface area (Å²) in [7, 11) is 0. The summed E-state index contributed by atoms with van der Waals surface area (Å²) in [5.41, 5.74) is -0.0409. The Labute approximate surface area is 109 Å². The lowest BCUT2D eigenvalue weighted by molar-refractivity contribution is 0.0903. The number of carbonyl (C=O) groups excluding carboxylic acids is 1. The summed E-state index contributed by atoms with van der Waals surface area (Å²) in [6, 6.07) is 1.19. The number of rotatable bonds is 5. The topological polar surface area (TPSA) is 42.0 Å². The molecule has 0 radical (unpaired) electrons. The Morgan fingerprint density at radius 3 is 2.59 bits per heavy atom. The zero-order valence-corrected chi connectivity index (χ0v) is 11.6. The molecule has 0 bridgehead atoms. The molecule has 0 aliphatic carbocycles. The van der Waals surface area contributed by atoms with Crippen molar-refractivity contribution in [1.29, 1.82) is 0 Å². The van der Waals surface area contributed by atoms with Gasteiger partial charge in [0.25, 0.3) is 5.91 Å². The Kier molecular flexibility index (Phi) is 5.05. The van der Waals surface area contributed by atoms with Crippen molar-refractivity contribution in [3.05, 3.63) is 29.8 Å². The van der Waals surface area contributed by atoms with Crippen LogP contribution >= 0.6 is 15.9 Å². The van der Waals surface area contributed by atoms with Gasteiger partial charge in [-0.15, -0.1) is 0 Å². The van der Waals surface area contributed by atoms with E-state index in [9.17, 15) is 9.18 Å². The predicted octanol–water partition coefficient (Wildman–Crippen LogP) is 2.90. The molecule has 0 aliphatic rings. The largest absolute Gasteiger partial charge is 0.346 e. The van der Waals surface area contributed by atoms with E-state index in [0.717, 1.165) is 19.0 Å². The third kappa shape index (κ3) is 3.49. The molecule has 0 saturated heterocycles. The lowest BCUT2D eigenvalue weighted by Gasteiger charge is -2.30. The van der Waals surface area contributed by atoms with Gasteiger partial charge < -0.3 is 5.32 Å². The van der Waals surface area contributed by atoms with E-state index >= 15 is 0 Å². The molecule has 0 aliphatic heterocycles. The van der Waals surface area contributed by atoms with Crippen LogP contribution in [0, 0.1) is 5.82 Å². The maximum absolute atomic E-state index is 13.0. The SMILES string of the molecule is CCC(CC)(CBr)NC(=O)c1cncc(F)c1. The van der Waals surface area contributed by atoms with E-state index in [1.54, 1.807) is 0 Å². The van der Waals surface area contributed by atoms with Crippen LogP contribution in [0.15, 0.2) is 18.5 Å². The van der Waals surface area contributed by atoms with Gasteiger partial charge in [-0.05, 0) is 18.9 Å². The predicted molar refractivity (Wildman–Crippen MR) is 68.8 cm³/mol. The summed E-state index contributed by atoms with van der Waals surface area (Å²) in [4.78, 5) is 15.6. The third-order valence-corrected chi connectivity index (χ3v) is 4.03. The molecule has 1 N–H and O–H groups in total. The van der Waals surface area contributed by atoms with Crippen molar-refractivity contribution in [2.45, 2.75) is 32.2 Å². The smallest absolute Gasteiger partial charge is 0.253 e. The molecule has 1 amide bonds. The van der Waals surface area contributed by atoms with E-state index in [4.69, 9.17) is 0 Å². The molecule has 1 aromatic rings. The molecule has 0 unspecified atom stereocenters. The molecule has 1 aromatic heterocycles. The first-order valence-corrected chi connectivity index (χ1v) is 6.68. The molecule has 0 atom stereocenters. The Balaban J connectivity index is 2.84. The number of carbonyl (C=O) groups is 1. The van der Waals surface area contributed by atoms with E-state index in [1.807, 2.05) is 13.8 Å². The zero-order chi connectivity index (χ0) is 12.9. The maximum Gasteiger partial charge on any atom is 0.253 e. The lowest BCUT2D eigenvalue weighted by Crippen LogP contribution is -2.49. The van der Waals surface area contributed by atoms with Crippen LogP contribution in [-0.4, -0.2) is 21.8 Å². The third-order valence-electron chi connectivity index (χ3n) is 2.96. The molecule has 5 heteroatoms. The fraction of sp³-hybridized carbons (Fsp3) is 0.500. The molecule has 3 nitrogen and oxygen atoms in total. The van der Waals surface area contributed by atoms with Crippen molar-refractivity contribution in [1.82, 2.24) is 10.3 Å². The van der Waals surface area contributed by atoms with Gasteiger partial charge in [0.1, 0.15) is 5.82 Å². The van der Waals surface area contributed by atoms with Gasteiger partial charge in [-0.2, -0.15) is 0 Å². The number of aromatic nitrogens is 1. The summed E-state index contributed by atoms with van der Waals surface area (Å²) < 4.78 is 13.0. The Morgan fingerprint density at radius 1 is 1.47 bits per heavy atom. The minimum absolute atomic E-state index is 0.247. The number of nitrogens with one attached hydrogen (secondary N) is 1. The van der Waals surface area contributed by atoms with E-state index in [0.29, 0.717) is 5.33 Å². The highest BCUT2D eigenvalue weighted by Gasteiger charge is 2.27. The molecular weight excluding hydrogens is 287 g/mol. The van der Waals surface area contributed by atoms with Crippen molar-refractivity contribution in [3.8, 4) is 0 Å². The number of halogens is 2. The van der Waals surface area contributed by atoms with Gasteiger partial charge in [-0.3, -0.25) is 9.78 Å². The van der Waals surface area contributed by atoms with Gasteiger partial charge in [-0.25, -0.2) is 4.39 Å². The Bertz CT molecular complexity index is 386. The van der Waals surface area contributed by atoms with E-state index in [-0.39, 0.29) is 17.0 Å². The molecule has 0 fully saturated rings. The lowest BCUT2D eigenvalue weighted by atomic mass is 9.95. The monoisotopic (exact) mass is 302 g/mol. The first kappa shape index (κ1) is 14.1. The summed E-state index contributed by atoms with van der Waals surface area (Å²) in [5, 5.41) is 3.60. The van der Waals surface area contributed by atoms with Gasteiger partial charge in [0.05, 0.1) is 11.8 Å². The highest BCUT2D eigenvalue weighted by Crippen LogP contribution is 2.18. The number of hydrogen-bond donors (Lipinski definition) is 1. The van der Waals surface area contributed by atoms with Crippen molar-refractivity contribution in [2.24, 2.45) is 0 Å². The van der Waals surface area contributed by atoms with Crippen molar-refractivity contribution in [2.75, 3.05) is 5.33 Å². The van der Waals surface area contributed by atoms with E-state index in [2.05, 4.69) is 26.2 Å². The first-order valence-electron chi connectivity index (χ1n) is 5.56. The quantitative estimate of drug-likeness (QED) is 0.850. The minimum atomic E-state index is -0.505. The van der Waals surface area contributed by atoms with Gasteiger partial charge >= 0.3 is 0 Å². The standard InChI is InChI=1S/C12H16BrFN2O/c1-3-12(4-2,8-13)16-11(17)9-5-10(14)7-15-6-9/h5-7H,3-4,8H2,1-2H3,(H,16,17). The Hall–Kier alpha value is -0.970. The molecular formula is C12H16BrFN2O. The number of amides is 1. The molecule has 0 spiro atoms. The second-order valence-corrected chi connectivity index (χ2v) is 4.53. The van der Waals surface area contributed by atoms with Crippen LogP contribution in [0.1, 0.15) is 37.0 Å². The average Bonchev–Trinajstić information content (AvgIpc) is 2.36. The molecule has 0 saturated carbocycles. The summed E-state index contributed by atoms with van der Waals surface area (Å²) in [6.45, 7) is 4.02. The number of pyridine rings is 1. The van der Waals surface area contributed by atoms with Crippen molar-refractivity contribution < 1.29 is 9.18 Å². The van der Waals surface area contributed by atoms with E-state index < -0.39 is 5.82 Å². The zero-order valence-electron chi connectivity index (χ0n) is 9.96. The highest BCUT2D eigenvalue weighted by atomic mass is 79.9. The number of hydrogen-bond acceptors (Lipinski definition) is 2. The van der Waals surface area contributed by atoms with Crippen LogP contribution in [0.3, 0.4) is 0 Å². The van der Waals surface area contributed by atoms with Crippen LogP contribution in [0.5, 0.6) is 0 Å². The average molecular weight is 303 g/mol. The summed E-state index contributed by atoms with van der Waals surface area (Å²) in [6.07, 6.45) is 4.06. The summed E-state index contributed by atoms with van der Waals surface area (Å²) >= 11 is 3.40. The van der Waals surface area contributed by atoms with Crippen LogP contribution in [-0.2, 0) is 0 Å². The van der Waals surface area contributed by atoms with Crippen LogP contribution < -0.4 is 5.32 Å². The Morgan fingerprint density at radius 2 is 2.12 bits per heavy atom. The van der Waals surface area contributed by atoms with Crippen LogP contribution in [0.25, 0.3) is 0 Å². The second kappa shape index (κ2) is 6.10. The van der Waals surface area contributed by atoms with Crippen LogP contribution in [0.4, 0.5) is 4.39 Å². The fourth-order valence-electron chi connectivity index (χ4n) is 1.50. The van der Waals surface area contributed by atoms with Crippen LogP contribution in [0.2, 0.25) is 0 Å². The number of nitrogens with zero attached hydrogens (tertiary/aromatic N) is 1. The van der Waals surface area contributed by atoms with E-state index in [1.165, 1.54) is 12.3 Å². The van der Waals surface area contributed by atoms with Gasteiger partial charge in [-0.1, -0.05) is 29.8 Å². The molecule has 94 valence electrons. The van der Waals surface area contributed by atoms with Crippen molar-refractivity contribution in [3.63, 3.8) is 0 Å². The second-order valence-electron chi connectivity index (χ2n) is 3.97. The first-order chi connectivity index (χ1) is 8.06. The maximum atomic E-state index is 13.0. The molecule has 1 rings (SSSR count). The number of alkyl halides is 1. The summed E-state index contributed by atoms with van der Waals surface area (Å²) in [5.74, 6) is -0.796. The molecule has 1 heterocycles. The van der Waals surface area contributed by atoms with Gasteiger partial charge in [0.15, 0.2) is 0 Å². The normalized spacial score (nSPS) is 11.3. The van der Waals surface area contributed by atoms with Crippen molar-refractivity contribution >= 4 is 21.8 Å². The fourth-order valence-corrected chi connectivity index (χ4v) is 2.43. The van der Waals surface area contributed by atoms with Gasteiger partial charge in [0.2, 0.25) is 0 Å². The minimum Gasteiger partial charge on any atom is -0.346 e.